The number of hydrogen-bond acceptors (Lipinski definition) is 32. The molecule has 6 saturated heterocycles. The van der Waals surface area contributed by atoms with E-state index in [0.29, 0.717) is 52.7 Å². The van der Waals surface area contributed by atoms with Crippen LogP contribution < -0.4 is 82.3 Å². The highest BCUT2D eigenvalue weighted by Gasteiger charge is 2.32. The molecule has 17 aromatic rings. The Labute approximate surface area is 796 Å². The van der Waals surface area contributed by atoms with Gasteiger partial charge >= 0.3 is 0 Å². The standard InChI is InChI=1S/C16H17BrN6.C15H18BrN7.C15H16BrN5O.C14H15BrN6S.C14H16N6S.C12H17BrN6/c17-13-14(11-4-2-6-20-8-11)22-16-12(9-21-23(16)15(13)18)10-3-1-5-19-7-10;1-22-8-10(6-19-22)11-7-20-23-14(17)12(16)13(21-15(11)23)9-3-2-4-18-5-9;16-12-13(9-2-1-4-18-6-9)20-15-11(10-3-5-22-8-10)7-19-21(15)14(12)17;15-11-12(17)21-13(10(5-18-21)8-2-4-22-7-8)19-14(11)20-3-1-9(16)6-20;15-10-1-3-19(7-10)13-5-12(16)20-14(18-13)11(6-17-20)9-2-4-21-8-9;1-2-7-5-16-19-10(15)9(13)12(17-11(7)19)18-4-3-8(14)6-18/h1,3,5,7,9,11,20H,2,4,6,8,18H2;6-9,18H,2-5,17H2,1H3;3,5,7-9,18H,1-2,4,6,17H2;2,4-5,7,9H,1,3,6,16-17H2;2,4-6,8,10H,1,3,7,15-16H2;5,8H,2-4,6,14-15H2,1H3/t;;;9-;10-;8-/m...000/s1. The van der Waals surface area contributed by atoms with E-state index in [4.69, 9.17) is 85.9 Å². The fourth-order valence-electron chi connectivity index (χ4n) is 17.2. The third-order valence-corrected chi connectivity index (χ3v) is 29.6. The van der Waals surface area contributed by atoms with Gasteiger partial charge in [0, 0.05) is 177 Å². The monoisotopic (exact) mass is 2110 g/mol. The maximum absolute atomic E-state index is 6.29. The number of rotatable bonds is 12. The van der Waals surface area contributed by atoms with Crippen LogP contribution in [-0.4, -0.2) is 199 Å². The Bertz CT molecular complexity index is 6700. The quantitative estimate of drug-likeness (QED) is 0.0540. The topological polar surface area (TPSA) is 505 Å². The number of thiophene rings is 2. The minimum atomic E-state index is 0.187. The van der Waals surface area contributed by atoms with Crippen molar-refractivity contribution >= 4 is 189 Å². The van der Waals surface area contributed by atoms with Crippen LogP contribution in [0.25, 0.3) is 89.5 Å². The second kappa shape index (κ2) is 39.3. The van der Waals surface area contributed by atoms with E-state index >= 15 is 0 Å². The molecule has 0 amide bonds. The molecule has 3 unspecified atom stereocenters. The van der Waals surface area contributed by atoms with Gasteiger partial charge in [-0.1, -0.05) is 13.0 Å². The lowest BCUT2D eigenvalue weighted by atomic mass is 9.96. The first kappa shape index (κ1) is 89.7. The second-order valence-corrected chi connectivity index (χ2v) is 38.4. The molecular formula is C86H99Br5N36OS2. The predicted octanol–water partition coefficient (Wildman–Crippen LogP) is 12.4. The second-order valence-electron chi connectivity index (χ2n) is 32.9. The summed E-state index contributed by atoms with van der Waals surface area (Å²) in [6, 6.07) is 12.4. The highest BCUT2D eigenvalue weighted by atomic mass is 79.9. The lowest BCUT2D eigenvalue weighted by Crippen LogP contribution is -2.29. The van der Waals surface area contributed by atoms with Gasteiger partial charge in [-0.2, -0.15) is 85.5 Å². The number of halogens is 5. The number of aromatic nitrogens is 21. The molecule has 0 bridgehead atoms. The molecule has 6 aliphatic rings. The smallest absolute Gasteiger partial charge is 0.167 e. The van der Waals surface area contributed by atoms with E-state index in [1.54, 1.807) is 91.8 Å². The molecule has 6 fully saturated rings. The zero-order valence-corrected chi connectivity index (χ0v) is 80.8. The molecule has 6 aliphatic heterocycles. The van der Waals surface area contributed by atoms with Gasteiger partial charge in [0.25, 0.3) is 0 Å². The minimum absolute atomic E-state index is 0.187. The van der Waals surface area contributed by atoms with Crippen LogP contribution in [0.1, 0.15) is 105 Å². The van der Waals surface area contributed by atoms with Crippen LogP contribution in [-0.2, 0) is 13.5 Å². The number of piperidine rings is 3. The van der Waals surface area contributed by atoms with Gasteiger partial charge in [-0.15, -0.1) is 0 Å². The van der Waals surface area contributed by atoms with Gasteiger partial charge in [0.05, 0.1) is 86.4 Å². The first-order chi connectivity index (χ1) is 63.1. The number of nitrogens with zero attached hydrogens (tertiary/aromatic N) is 24. The number of pyridine rings is 1. The molecule has 0 saturated carbocycles. The molecule has 23 rings (SSSR count). The predicted molar refractivity (Wildman–Crippen MR) is 531 cm³/mol. The van der Waals surface area contributed by atoms with E-state index in [0.717, 1.165) is 295 Å². The van der Waals surface area contributed by atoms with Crippen LogP contribution in [0.15, 0.2) is 159 Å². The Balaban J connectivity index is 0.000000105. The molecule has 17 aromatic heterocycles. The number of aryl methyl sites for hydroxylation is 2. The van der Waals surface area contributed by atoms with Gasteiger partial charge in [-0.05, 0) is 220 Å². The van der Waals surface area contributed by atoms with Gasteiger partial charge < -0.3 is 86.7 Å². The Kier molecular flexibility index (Phi) is 27.1. The Morgan fingerprint density at radius 1 is 0.431 bits per heavy atom. The fourth-order valence-corrected chi connectivity index (χ4v) is 21.3. The van der Waals surface area contributed by atoms with Crippen molar-refractivity contribution < 1.29 is 4.42 Å². The molecule has 23 heterocycles. The van der Waals surface area contributed by atoms with Crippen LogP contribution in [0.2, 0.25) is 0 Å². The van der Waals surface area contributed by atoms with Crippen molar-refractivity contribution in [2.45, 2.75) is 107 Å². The fraction of sp³-hybridized carbons (Fsp3) is 0.349. The van der Waals surface area contributed by atoms with Crippen LogP contribution in [0, 0.1) is 0 Å². The summed E-state index contributed by atoms with van der Waals surface area (Å²) in [5.74, 6) is 7.18. The van der Waals surface area contributed by atoms with Gasteiger partial charge in [-0.25, -0.2) is 29.9 Å². The number of hydrogen-bond donors (Lipinski definition) is 12. The molecule has 676 valence electrons. The van der Waals surface area contributed by atoms with Gasteiger partial charge in [0.2, 0.25) is 0 Å². The van der Waals surface area contributed by atoms with Crippen molar-refractivity contribution in [2.75, 3.05) is 128 Å². The first-order valence-electron chi connectivity index (χ1n) is 43.0. The zero-order chi connectivity index (χ0) is 90.1. The molecule has 130 heavy (non-hydrogen) atoms. The van der Waals surface area contributed by atoms with E-state index in [-0.39, 0.29) is 18.1 Å². The number of nitrogens with one attached hydrogen (secondary N) is 3. The Morgan fingerprint density at radius 3 is 1.25 bits per heavy atom. The molecule has 6 atom stereocenters. The molecule has 0 aliphatic carbocycles. The van der Waals surface area contributed by atoms with Gasteiger partial charge in [-0.3, -0.25) is 9.67 Å². The summed E-state index contributed by atoms with van der Waals surface area (Å²) >= 11 is 21.2. The molecule has 37 nitrogen and oxygen atoms in total. The van der Waals surface area contributed by atoms with Gasteiger partial charge in [0.1, 0.15) is 61.3 Å². The van der Waals surface area contributed by atoms with Crippen LogP contribution in [0.4, 0.5) is 52.4 Å². The summed E-state index contributed by atoms with van der Waals surface area (Å²) in [7, 11) is 1.90. The van der Waals surface area contributed by atoms with Gasteiger partial charge in [0.15, 0.2) is 33.9 Å². The number of anilines is 9. The van der Waals surface area contributed by atoms with E-state index < -0.39 is 0 Å². The van der Waals surface area contributed by atoms with E-state index in [2.05, 4.69) is 181 Å². The Morgan fingerprint density at radius 2 is 0.846 bits per heavy atom. The van der Waals surface area contributed by atoms with E-state index in [1.165, 1.54) is 0 Å². The van der Waals surface area contributed by atoms with Crippen molar-refractivity contribution in [3.63, 3.8) is 0 Å². The highest BCUT2D eigenvalue weighted by molar-refractivity contribution is 9.11. The molecule has 21 N–H and O–H groups in total. The van der Waals surface area contributed by atoms with E-state index in [9.17, 15) is 0 Å². The van der Waals surface area contributed by atoms with Crippen molar-refractivity contribution in [3.8, 4) is 55.6 Å². The van der Waals surface area contributed by atoms with Crippen molar-refractivity contribution in [3.05, 3.63) is 177 Å². The van der Waals surface area contributed by atoms with Crippen LogP contribution in [0.5, 0.6) is 0 Å². The third-order valence-electron chi connectivity index (χ3n) is 24.2. The summed E-state index contributed by atoms with van der Waals surface area (Å²) < 4.78 is 21.1. The number of fused-ring (bicyclic) bond motifs is 6. The minimum Gasteiger partial charge on any atom is -0.472 e. The summed E-state index contributed by atoms with van der Waals surface area (Å²) in [5.41, 5.74) is 74.2. The van der Waals surface area contributed by atoms with Crippen LogP contribution in [0.3, 0.4) is 0 Å². The number of nitrogen functional groups attached to an aromatic ring is 6. The van der Waals surface area contributed by atoms with E-state index in [1.807, 2.05) is 79.3 Å². The molecule has 0 aromatic carbocycles. The Hall–Kier alpha value is -10.9. The maximum Gasteiger partial charge on any atom is 0.167 e. The molecular weight excluding hydrogens is 2020 g/mol. The third kappa shape index (κ3) is 18.3. The SMILES string of the molecule is CCc1cnn2c(N)c(Br)c(N3CC[C@H](N)C3)nc12.Cn1cc(-c2cnn3c(N)c(Br)c(C4CCCNC4)nc23)cn1.Nc1c(Br)c(C2CCCNC2)nc2c(-c3cccnc3)cnn12.Nc1c(Br)c(C2CCCNC2)nc2c(-c3ccoc3)cnn12.Nc1c(Br)c(N2CC[C@H](N)C2)nc2c(-c3ccsc3)cnn12.Nc1cc(N2CC[C@H](N)C2)nc2c(-c3ccsc3)cnn12. The summed E-state index contributed by atoms with van der Waals surface area (Å²) in [6.45, 7) is 13.2. The van der Waals surface area contributed by atoms with Crippen molar-refractivity contribution in [1.82, 2.24) is 118 Å². The normalized spacial score (nSPS) is 18.7. The lowest BCUT2D eigenvalue weighted by molar-refractivity contribution is 0.453. The largest absolute Gasteiger partial charge is 0.472 e. The summed E-state index contributed by atoms with van der Waals surface area (Å²) in [5, 5.41) is 49.0. The average Bonchev–Trinajstić information content (AvgIpc) is 1.58. The maximum atomic E-state index is 6.29. The summed E-state index contributed by atoms with van der Waals surface area (Å²) in [4.78, 5) is 39.7. The average molecular weight is 2120 g/mol. The van der Waals surface area contributed by atoms with Crippen LogP contribution >= 0.6 is 102 Å². The molecule has 44 heteroatoms. The van der Waals surface area contributed by atoms with Crippen molar-refractivity contribution in [2.24, 2.45) is 24.2 Å². The molecule has 0 spiro atoms. The number of furan rings is 1. The lowest BCUT2D eigenvalue weighted by Gasteiger charge is -2.23. The number of nitrogens with two attached hydrogens (primary N) is 9. The highest BCUT2D eigenvalue weighted by Crippen LogP contribution is 2.42. The first-order valence-corrected chi connectivity index (χ1v) is 48.9. The molecule has 0 radical (unpaired) electrons. The van der Waals surface area contributed by atoms with Crippen molar-refractivity contribution in [1.29, 1.82) is 0 Å². The zero-order valence-electron chi connectivity index (χ0n) is 71.3. The summed E-state index contributed by atoms with van der Waals surface area (Å²) in [6.07, 6.45) is 32.1.